The van der Waals surface area contributed by atoms with Crippen molar-refractivity contribution >= 4 is 34.5 Å². The molecule has 0 fully saturated rings. The number of ether oxygens (including phenoxy) is 1. The first-order valence-corrected chi connectivity index (χ1v) is 7.82. The van der Waals surface area contributed by atoms with E-state index < -0.39 is 0 Å². The van der Waals surface area contributed by atoms with Gasteiger partial charge in [0.1, 0.15) is 5.75 Å². The molecule has 1 nitrogen and oxygen atoms in total. The van der Waals surface area contributed by atoms with Crippen LogP contribution in [0.5, 0.6) is 5.75 Å². The average Bonchev–Trinajstić information content (AvgIpc) is 2.69. The lowest BCUT2D eigenvalue weighted by atomic mass is 10.1. The van der Waals surface area contributed by atoms with Gasteiger partial charge in [-0.25, -0.2) is 0 Å². The molecule has 2 aromatic rings. The minimum Gasteiger partial charge on any atom is -0.491 e. The highest BCUT2D eigenvalue weighted by atomic mass is 35.5. The van der Waals surface area contributed by atoms with Gasteiger partial charge >= 0.3 is 0 Å². The number of thiophene rings is 1. The number of hydrogen-bond donors (Lipinski definition) is 0. The number of halogens is 2. The molecule has 1 heterocycles. The summed E-state index contributed by atoms with van der Waals surface area (Å²) in [6.45, 7) is 6.00. The van der Waals surface area contributed by atoms with Crippen LogP contribution in [0.15, 0.2) is 29.6 Å². The van der Waals surface area contributed by atoms with Crippen molar-refractivity contribution in [1.29, 1.82) is 0 Å². The average molecular weight is 315 g/mol. The van der Waals surface area contributed by atoms with E-state index in [9.17, 15) is 0 Å². The van der Waals surface area contributed by atoms with Crippen molar-refractivity contribution in [1.82, 2.24) is 0 Å². The van der Waals surface area contributed by atoms with Crippen LogP contribution in [0, 0.1) is 6.92 Å². The van der Waals surface area contributed by atoms with Crippen LogP contribution in [-0.4, -0.2) is 6.10 Å². The number of hydrogen-bond acceptors (Lipinski definition) is 2. The zero-order chi connectivity index (χ0) is 14.0. The molecule has 0 bridgehead atoms. The van der Waals surface area contributed by atoms with Gasteiger partial charge < -0.3 is 4.74 Å². The maximum absolute atomic E-state index is 6.49. The fourth-order valence-electron chi connectivity index (χ4n) is 1.76. The van der Waals surface area contributed by atoms with Gasteiger partial charge in [0.2, 0.25) is 0 Å². The highest BCUT2D eigenvalue weighted by Crippen LogP contribution is 2.39. The Labute approximate surface area is 128 Å². The van der Waals surface area contributed by atoms with Crippen molar-refractivity contribution in [3.63, 3.8) is 0 Å². The Morgan fingerprint density at radius 1 is 1.16 bits per heavy atom. The first-order chi connectivity index (χ1) is 8.99. The minimum atomic E-state index is -0.209. The molecular weight excluding hydrogens is 299 g/mol. The lowest BCUT2D eigenvalue weighted by molar-refractivity contribution is 0.242. The number of benzene rings is 1. The van der Waals surface area contributed by atoms with Gasteiger partial charge in [-0.2, -0.15) is 0 Å². The maximum Gasteiger partial charge on any atom is 0.119 e. The molecule has 0 saturated heterocycles. The van der Waals surface area contributed by atoms with Crippen LogP contribution in [0.25, 0.3) is 0 Å². The Kier molecular flexibility index (Phi) is 4.77. The molecule has 0 N–H and O–H groups in total. The predicted molar refractivity (Wildman–Crippen MR) is 84.0 cm³/mol. The summed E-state index contributed by atoms with van der Waals surface area (Å²) in [7, 11) is 0. The van der Waals surface area contributed by atoms with Crippen molar-refractivity contribution < 1.29 is 4.74 Å². The van der Waals surface area contributed by atoms with Gasteiger partial charge in [-0.1, -0.05) is 23.7 Å². The zero-order valence-corrected chi connectivity index (χ0v) is 13.4. The third kappa shape index (κ3) is 3.44. The molecule has 0 amide bonds. The maximum atomic E-state index is 6.49. The number of alkyl halides is 1. The van der Waals surface area contributed by atoms with Crippen molar-refractivity contribution in [3.8, 4) is 5.75 Å². The van der Waals surface area contributed by atoms with Gasteiger partial charge in [0.25, 0.3) is 0 Å². The van der Waals surface area contributed by atoms with E-state index in [1.165, 1.54) is 0 Å². The van der Waals surface area contributed by atoms with E-state index in [0.717, 1.165) is 26.8 Å². The lowest BCUT2D eigenvalue weighted by Crippen LogP contribution is -2.05. The van der Waals surface area contributed by atoms with E-state index in [-0.39, 0.29) is 11.5 Å². The molecule has 0 aliphatic carbocycles. The Morgan fingerprint density at radius 3 is 2.26 bits per heavy atom. The highest BCUT2D eigenvalue weighted by Gasteiger charge is 2.17. The Hall–Kier alpha value is -0.700. The monoisotopic (exact) mass is 314 g/mol. The summed E-state index contributed by atoms with van der Waals surface area (Å²) in [5.74, 6) is 0.857. The van der Waals surface area contributed by atoms with Crippen LogP contribution < -0.4 is 4.74 Å². The first kappa shape index (κ1) is 14.7. The molecule has 0 spiro atoms. The van der Waals surface area contributed by atoms with E-state index >= 15 is 0 Å². The van der Waals surface area contributed by atoms with E-state index in [2.05, 4.69) is 0 Å². The summed E-state index contributed by atoms with van der Waals surface area (Å²) in [6.07, 6.45) is 0.173. The van der Waals surface area contributed by atoms with Crippen molar-refractivity contribution in [2.45, 2.75) is 32.3 Å². The molecule has 0 saturated carbocycles. The molecule has 19 heavy (non-hydrogen) atoms. The fourth-order valence-corrected chi connectivity index (χ4v) is 3.53. The smallest absolute Gasteiger partial charge is 0.119 e. The van der Waals surface area contributed by atoms with E-state index in [1.807, 2.05) is 50.4 Å². The van der Waals surface area contributed by atoms with E-state index in [4.69, 9.17) is 27.9 Å². The summed E-state index contributed by atoms with van der Waals surface area (Å²) in [5.41, 5.74) is 2.11. The quantitative estimate of drug-likeness (QED) is 0.645. The molecular formula is C15H16Cl2OS. The molecule has 2 rings (SSSR count). The molecule has 102 valence electrons. The summed E-state index contributed by atoms with van der Waals surface area (Å²) in [6, 6.07) is 7.86. The molecule has 0 radical (unpaired) electrons. The number of rotatable bonds is 4. The van der Waals surface area contributed by atoms with Gasteiger partial charge in [0, 0.05) is 4.88 Å². The normalized spacial score (nSPS) is 12.7. The van der Waals surface area contributed by atoms with E-state index in [1.54, 1.807) is 11.3 Å². The van der Waals surface area contributed by atoms with Crippen LogP contribution in [0.4, 0.5) is 0 Å². The number of aryl methyl sites for hydroxylation is 1. The third-order valence-electron chi connectivity index (χ3n) is 2.70. The second kappa shape index (κ2) is 6.17. The third-order valence-corrected chi connectivity index (χ3v) is 5.08. The summed E-state index contributed by atoms with van der Waals surface area (Å²) in [5, 5.41) is 2.59. The second-order valence-corrected chi connectivity index (χ2v) is 6.42. The highest BCUT2D eigenvalue weighted by molar-refractivity contribution is 7.11. The standard InChI is InChI=1S/C15H16Cl2OS/c1-9(2)18-12-6-4-11(5-7-12)14(17)15-13(16)10(3)8-19-15/h4-9,14H,1-3H3. The molecule has 0 aliphatic heterocycles. The topological polar surface area (TPSA) is 9.23 Å². The van der Waals surface area contributed by atoms with E-state index in [0.29, 0.717) is 0 Å². The van der Waals surface area contributed by atoms with Gasteiger partial charge in [-0.3, -0.25) is 0 Å². The van der Waals surface area contributed by atoms with Gasteiger partial charge in [0.15, 0.2) is 0 Å². The molecule has 4 heteroatoms. The molecule has 1 atom stereocenters. The summed E-state index contributed by atoms with van der Waals surface area (Å²) >= 11 is 14.3. The SMILES string of the molecule is Cc1csc(C(Cl)c2ccc(OC(C)C)cc2)c1Cl. The van der Waals surface area contributed by atoms with Crippen LogP contribution in [0.2, 0.25) is 5.02 Å². The first-order valence-electron chi connectivity index (χ1n) is 6.13. The molecule has 1 unspecified atom stereocenters. The van der Waals surface area contributed by atoms with Crippen molar-refractivity contribution in [2.24, 2.45) is 0 Å². The molecule has 1 aromatic heterocycles. The van der Waals surface area contributed by atoms with Crippen LogP contribution in [-0.2, 0) is 0 Å². The largest absolute Gasteiger partial charge is 0.491 e. The van der Waals surface area contributed by atoms with Crippen molar-refractivity contribution in [3.05, 3.63) is 50.7 Å². The molecule has 0 aliphatic rings. The second-order valence-electron chi connectivity index (χ2n) is 4.70. The zero-order valence-electron chi connectivity index (χ0n) is 11.1. The van der Waals surface area contributed by atoms with Crippen LogP contribution >= 0.6 is 34.5 Å². The van der Waals surface area contributed by atoms with Crippen molar-refractivity contribution in [2.75, 3.05) is 0 Å². The van der Waals surface area contributed by atoms with Crippen LogP contribution in [0.3, 0.4) is 0 Å². The summed E-state index contributed by atoms with van der Waals surface area (Å²) in [4.78, 5) is 0.998. The predicted octanol–water partition coefficient (Wildman–Crippen LogP) is 5.83. The van der Waals surface area contributed by atoms with Gasteiger partial charge in [-0.05, 0) is 49.4 Å². The summed E-state index contributed by atoms with van der Waals surface area (Å²) < 4.78 is 5.62. The van der Waals surface area contributed by atoms with Gasteiger partial charge in [0.05, 0.1) is 16.5 Å². The minimum absolute atomic E-state index is 0.173. The Morgan fingerprint density at radius 2 is 1.79 bits per heavy atom. The van der Waals surface area contributed by atoms with Gasteiger partial charge in [-0.15, -0.1) is 22.9 Å². The molecule has 1 aromatic carbocycles. The Balaban J connectivity index is 2.20. The Bertz CT molecular complexity index is 546. The fraction of sp³-hybridized carbons (Fsp3) is 0.333. The van der Waals surface area contributed by atoms with Crippen LogP contribution in [0.1, 0.15) is 35.2 Å². The lowest BCUT2D eigenvalue weighted by Gasteiger charge is -2.12.